The summed E-state index contributed by atoms with van der Waals surface area (Å²) in [7, 11) is -4.07. The molecule has 190 valence electrons. The van der Waals surface area contributed by atoms with Gasteiger partial charge in [-0.3, -0.25) is 9.10 Å². The van der Waals surface area contributed by atoms with E-state index in [1.807, 2.05) is 37.4 Å². The third-order valence-corrected chi connectivity index (χ3v) is 9.04. The summed E-state index contributed by atoms with van der Waals surface area (Å²) in [6.45, 7) is 1.79. The first-order chi connectivity index (χ1) is 17.9. The van der Waals surface area contributed by atoms with Crippen molar-refractivity contribution in [1.82, 2.24) is 0 Å². The van der Waals surface area contributed by atoms with Gasteiger partial charge < -0.3 is 10.1 Å². The molecular formula is C29H28N2O4S2. The number of para-hydroxylation sites is 2. The molecule has 0 aliphatic heterocycles. The van der Waals surface area contributed by atoms with Crippen molar-refractivity contribution in [3.63, 3.8) is 0 Å². The highest BCUT2D eigenvalue weighted by molar-refractivity contribution is 7.98. The van der Waals surface area contributed by atoms with Crippen LogP contribution in [0.15, 0.2) is 88.7 Å². The zero-order valence-corrected chi connectivity index (χ0v) is 22.4. The average molecular weight is 533 g/mol. The first-order valence-electron chi connectivity index (χ1n) is 12.1. The monoisotopic (exact) mass is 532 g/mol. The van der Waals surface area contributed by atoms with Crippen molar-refractivity contribution in [2.45, 2.75) is 29.6 Å². The number of benzene rings is 4. The second-order valence-corrected chi connectivity index (χ2v) is 11.5. The Hall–Kier alpha value is -3.49. The second-order valence-electron chi connectivity index (χ2n) is 8.75. The van der Waals surface area contributed by atoms with E-state index in [2.05, 4.69) is 11.4 Å². The molecule has 0 atom stereocenters. The van der Waals surface area contributed by atoms with Crippen LogP contribution in [-0.2, 0) is 27.7 Å². The lowest BCUT2D eigenvalue weighted by atomic mass is 10.0. The first kappa shape index (κ1) is 25.2. The quantitative estimate of drug-likeness (QED) is 0.272. The molecule has 1 amide bonds. The molecule has 8 heteroatoms. The van der Waals surface area contributed by atoms with Crippen LogP contribution in [0.4, 0.5) is 11.4 Å². The van der Waals surface area contributed by atoms with Gasteiger partial charge in [0.15, 0.2) is 0 Å². The number of carbonyl (C=O) groups is 1. The minimum absolute atomic E-state index is 0.106. The van der Waals surface area contributed by atoms with Crippen molar-refractivity contribution in [1.29, 1.82) is 0 Å². The normalized spacial score (nSPS) is 12.5. The maximum absolute atomic E-state index is 13.9. The second kappa shape index (κ2) is 10.5. The molecule has 1 aliphatic rings. The van der Waals surface area contributed by atoms with Crippen LogP contribution in [0, 0.1) is 0 Å². The molecule has 0 aromatic heterocycles. The molecule has 0 saturated carbocycles. The number of sulfonamides is 1. The number of rotatable bonds is 9. The summed E-state index contributed by atoms with van der Waals surface area (Å²) in [6, 6.07) is 23.6. The summed E-state index contributed by atoms with van der Waals surface area (Å²) in [4.78, 5) is 14.5. The molecule has 5 rings (SSSR count). The number of hydrogen-bond acceptors (Lipinski definition) is 5. The Morgan fingerprint density at radius 1 is 0.946 bits per heavy atom. The number of ether oxygens (including phenoxy) is 1. The van der Waals surface area contributed by atoms with Gasteiger partial charge in [-0.15, -0.1) is 11.8 Å². The zero-order valence-electron chi connectivity index (χ0n) is 20.7. The number of aryl methyl sites for hydroxylation is 2. The summed E-state index contributed by atoms with van der Waals surface area (Å²) in [5, 5.41) is 5.12. The van der Waals surface area contributed by atoms with E-state index < -0.39 is 22.5 Å². The Morgan fingerprint density at radius 3 is 2.41 bits per heavy atom. The molecule has 0 fully saturated rings. The minimum atomic E-state index is -4.07. The molecule has 37 heavy (non-hydrogen) atoms. The highest BCUT2D eigenvalue weighted by Crippen LogP contribution is 2.36. The summed E-state index contributed by atoms with van der Waals surface area (Å²) in [6.07, 6.45) is 3.90. The molecule has 4 aromatic carbocycles. The fourth-order valence-electron chi connectivity index (χ4n) is 4.79. The van der Waals surface area contributed by atoms with Gasteiger partial charge in [0.25, 0.3) is 10.0 Å². The van der Waals surface area contributed by atoms with E-state index in [4.69, 9.17) is 4.74 Å². The van der Waals surface area contributed by atoms with Gasteiger partial charge in [0.05, 0.1) is 17.2 Å². The lowest BCUT2D eigenvalue weighted by Gasteiger charge is -2.26. The van der Waals surface area contributed by atoms with Gasteiger partial charge in [0, 0.05) is 16.0 Å². The van der Waals surface area contributed by atoms with Crippen LogP contribution in [0.1, 0.15) is 18.1 Å². The molecule has 0 saturated heterocycles. The van der Waals surface area contributed by atoms with Gasteiger partial charge in [-0.05, 0) is 85.0 Å². The van der Waals surface area contributed by atoms with Crippen LogP contribution in [0.3, 0.4) is 0 Å². The standard InChI is InChI=1S/C29H28N2O4S2/c1-3-35-27-10-5-4-9-26(27)31(37(33,34)23-16-14-22(36-2)15-17-23)19-28(32)30-25-18-13-21-12-11-20-7-6-8-24(25)29(20)21/h4-10,13-18H,3,11-12,19H2,1-2H3,(H,30,32). The lowest BCUT2D eigenvalue weighted by Crippen LogP contribution is -2.38. The van der Waals surface area contributed by atoms with Crippen LogP contribution in [0.5, 0.6) is 5.75 Å². The van der Waals surface area contributed by atoms with Crippen molar-refractivity contribution in [3.8, 4) is 5.75 Å². The van der Waals surface area contributed by atoms with E-state index in [1.54, 1.807) is 48.5 Å². The van der Waals surface area contributed by atoms with E-state index >= 15 is 0 Å². The Bertz CT molecular complexity index is 1560. The number of anilines is 2. The van der Waals surface area contributed by atoms with E-state index in [1.165, 1.54) is 28.3 Å². The molecular weight excluding hydrogens is 504 g/mol. The van der Waals surface area contributed by atoms with E-state index in [0.29, 0.717) is 23.7 Å². The zero-order chi connectivity index (χ0) is 26.0. The number of thioether (sulfide) groups is 1. The number of nitrogens with zero attached hydrogens (tertiary/aromatic N) is 1. The predicted molar refractivity (Wildman–Crippen MR) is 150 cm³/mol. The van der Waals surface area contributed by atoms with Crippen molar-refractivity contribution >= 4 is 49.8 Å². The van der Waals surface area contributed by atoms with Crippen molar-refractivity contribution in [2.75, 3.05) is 29.0 Å². The van der Waals surface area contributed by atoms with Crippen LogP contribution in [0.2, 0.25) is 0 Å². The van der Waals surface area contributed by atoms with E-state index in [9.17, 15) is 13.2 Å². The molecule has 0 unspecified atom stereocenters. The molecule has 0 heterocycles. The summed E-state index contributed by atoms with van der Waals surface area (Å²) in [5.41, 5.74) is 3.53. The average Bonchev–Trinajstić information content (AvgIpc) is 3.34. The van der Waals surface area contributed by atoms with Gasteiger partial charge in [-0.1, -0.05) is 36.4 Å². The van der Waals surface area contributed by atoms with Gasteiger partial charge in [-0.25, -0.2) is 8.42 Å². The fourth-order valence-corrected chi connectivity index (χ4v) is 6.63. The number of nitrogens with one attached hydrogen (secondary N) is 1. The van der Waals surface area contributed by atoms with Gasteiger partial charge >= 0.3 is 0 Å². The maximum Gasteiger partial charge on any atom is 0.264 e. The molecule has 0 bridgehead atoms. The Morgan fingerprint density at radius 2 is 1.68 bits per heavy atom. The van der Waals surface area contributed by atoms with Crippen LogP contribution >= 0.6 is 11.8 Å². The summed E-state index contributed by atoms with van der Waals surface area (Å²) < 4.78 is 34.6. The molecule has 6 nitrogen and oxygen atoms in total. The van der Waals surface area contributed by atoms with Gasteiger partial charge in [0.1, 0.15) is 12.3 Å². The molecule has 1 N–H and O–H groups in total. The fraction of sp³-hybridized carbons (Fsp3) is 0.207. The topological polar surface area (TPSA) is 75.7 Å². The molecule has 4 aromatic rings. The largest absolute Gasteiger partial charge is 0.492 e. The third-order valence-electron chi connectivity index (χ3n) is 6.52. The Balaban J connectivity index is 1.51. The highest BCUT2D eigenvalue weighted by Gasteiger charge is 2.30. The maximum atomic E-state index is 13.9. The van der Waals surface area contributed by atoms with Crippen LogP contribution in [0.25, 0.3) is 10.8 Å². The van der Waals surface area contributed by atoms with Gasteiger partial charge in [-0.2, -0.15) is 0 Å². The van der Waals surface area contributed by atoms with Crippen molar-refractivity contribution in [3.05, 3.63) is 90.0 Å². The smallest absolute Gasteiger partial charge is 0.264 e. The van der Waals surface area contributed by atoms with Crippen molar-refractivity contribution in [2.24, 2.45) is 0 Å². The van der Waals surface area contributed by atoms with Crippen molar-refractivity contribution < 1.29 is 17.9 Å². The lowest BCUT2D eigenvalue weighted by molar-refractivity contribution is -0.114. The summed E-state index contributed by atoms with van der Waals surface area (Å²) >= 11 is 1.53. The van der Waals surface area contributed by atoms with E-state index in [0.717, 1.165) is 27.4 Å². The minimum Gasteiger partial charge on any atom is -0.492 e. The highest BCUT2D eigenvalue weighted by atomic mass is 32.2. The SMILES string of the molecule is CCOc1ccccc1N(CC(=O)Nc1ccc2c3c(cccc13)CC2)S(=O)(=O)c1ccc(SC)cc1. The number of hydrogen-bond donors (Lipinski definition) is 1. The summed E-state index contributed by atoms with van der Waals surface area (Å²) in [5.74, 6) is -0.0400. The van der Waals surface area contributed by atoms with E-state index in [-0.39, 0.29) is 4.90 Å². The molecule has 1 aliphatic carbocycles. The molecule has 0 radical (unpaired) electrons. The number of carbonyl (C=O) groups excluding carboxylic acids is 1. The van der Waals surface area contributed by atoms with Crippen LogP contribution < -0.4 is 14.4 Å². The Kier molecular flexibility index (Phi) is 7.13. The third kappa shape index (κ3) is 4.91. The number of amides is 1. The Labute approximate surface area is 221 Å². The van der Waals surface area contributed by atoms with Gasteiger partial charge in [0.2, 0.25) is 5.91 Å². The molecule has 0 spiro atoms. The van der Waals surface area contributed by atoms with Crippen LogP contribution in [-0.4, -0.2) is 33.7 Å². The first-order valence-corrected chi connectivity index (χ1v) is 14.8. The predicted octanol–water partition coefficient (Wildman–Crippen LogP) is 5.89.